The molecule has 1 aliphatic rings. The molecule has 1 N–H and O–H groups in total. The van der Waals surface area contributed by atoms with Gasteiger partial charge < -0.3 is 19.5 Å². The van der Waals surface area contributed by atoms with Crippen molar-refractivity contribution in [2.45, 2.75) is 38.6 Å². The van der Waals surface area contributed by atoms with Crippen molar-refractivity contribution in [2.75, 3.05) is 20.3 Å². The number of methoxy groups -OCH3 is 1. The van der Waals surface area contributed by atoms with Crippen molar-refractivity contribution < 1.29 is 23.8 Å². The molecular weight excluding hydrogens is 358 g/mol. The molecule has 0 spiro atoms. The van der Waals surface area contributed by atoms with Crippen LogP contribution in [0.15, 0.2) is 36.9 Å². The van der Waals surface area contributed by atoms with E-state index in [9.17, 15) is 9.59 Å². The lowest BCUT2D eigenvalue weighted by molar-refractivity contribution is -0.144. The van der Waals surface area contributed by atoms with Crippen LogP contribution in [0, 0.1) is 5.92 Å². The van der Waals surface area contributed by atoms with Gasteiger partial charge in [-0.25, -0.2) is 4.79 Å². The molecule has 1 amide bonds. The van der Waals surface area contributed by atoms with Crippen LogP contribution in [0.4, 0.5) is 0 Å². The summed E-state index contributed by atoms with van der Waals surface area (Å²) < 4.78 is 15.8. The molecule has 28 heavy (non-hydrogen) atoms. The van der Waals surface area contributed by atoms with Gasteiger partial charge in [-0.15, -0.1) is 0 Å². The smallest absolute Gasteiger partial charge is 0.331 e. The maximum atomic E-state index is 12.0. The minimum absolute atomic E-state index is 0.171. The predicted octanol–water partition coefficient (Wildman–Crippen LogP) is 3.51. The second-order valence-electron chi connectivity index (χ2n) is 6.89. The van der Waals surface area contributed by atoms with Crippen molar-refractivity contribution >= 4 is 18.0 Å². The van der Waals surface area contributed by atoms with Crippen molar-refractivity contribution in [1.29, 1.82) is 0 Å². The zero-order valence-electron chi connectivity index (χ0n) is 16.6. The fourth-order valence-corrected chi connectivity index (χ4v) is 3.18. The van der Waals surface area contributed by atoms with Gasteiger partial charge in [-0.2, -0.15) is 0 Å². The highest BCUT2D eigenvalue weighted by Gasteiger charge is 2.22. The Kier molecular flexibility index (Phi) is 8.59. The zero-order chi connectivity index (χ0) is 20.4. The van der Waals surface area contributed by atoms with Crippen molar-refractivity contribution in [3.8, 4) is 11.5 Å². The van der Waals surface area contributed by atoms with Gasteiger partial charge in [0.25, 0.3) is 5.91 Å². The topological polar surface area (TPSA) is 73.9 Å². The lowest BCUT2D eigenvalue weighted by Gasteiger charge is -2.29. The quantitative estimate of drug-likeness (QED) is 0.399. The van der Waals surface area contributed by atoms with Gasteiger partial charge in [-0.1, -0.05) is 38.5 Å². The van der Waals surface area contributed by atoms with Gasteiger partial charge >= 0.3 is 5.97 Å². The molecule has 0 unspecified atom stereocenters. The van der Waals surface area contributed by atoms with Crippen LogP contribution in [0.1, 0.15) is 38.2 Å². The SMILES string of the molecule is C=CCOc1ccc(/C=C/C(=O)OCC(=O)N[C@H]2CCCC[C@@H]2C)cc1OC. The molecule has 6 nitrogen and oxygen atoms in total. The first-order valence-corrected chi connectivity index (χ1v) is 9.59. The molecule has 1 saturated carbocycles. The molecule has 0 aromatic heterocycles. The van der Waals surface area contributed by atoms with Crippen LogP contribution in [0.5, 0.6) is 11.5 Å². The maximum Gasteiger partial charge on any atom is 0.331 e. The molecule has 1 aromatic rings. The highest BCUT2D eigenvalue weighted by Crippen LogP contribution is 2.28. The van der Waals surface area contributed by atoms with Crippen LogP contribution in [0.3, 0.4) is 0 Å². The number of rotatable bonds is 9. The van der Waals surface area contributed by atoms with Crippen molar-refractivity contribution in [2.24, 2.45) is 5.92 Å². The molecule has 0 radical (unpaired) electrons. The molecule has 0 saturated heterocycles. The number of ether oxygens (including phenoxy) is 3. The van der Waals surface area contributed by atoms with Crippen molar-refractivity contribution in [1.82, 2.24) is 5.32 Å². The summed E-state index contributed by atoms with van der Waals surface area (Å²) in [4.78, 5) is 23.9. The third-order valence-electron chi connectivity index (χ3n) is 4.76. The lowest BCUT2D eigenvalue weighted by Crippen LogP contribution is -2.42. The normalized spacial score (nSPS) is 19.1. The molecule has 2 atom stereocenters. The third-order valence-corrected chi connectivity index (χ3v) is 4.76. The van der Waals surface area contributed by atoms with Crippen LogP contribution >= 0.6 is 0 Å². The summed E-state index contributed by atoms with van der Waals surface area (Å²) in [6.07, 6.45) is 8.97. The average molecular weight is 387 g/mol. The van der Waals surface area contributed by atoms with E-state index in [4.69, 9.17) is 14.2 Å². The summed E-state index contributed by atoms with van der Waals surface area (Å²) in [6, 6.07) is 5.47. The van der Waals surface area contributed by atoms with Gasteiger partial charge in [0.05, 0.1) is 7.11 Å². The number of hydrogen-bond acceptors (Lipinski definition) is 5. The molecule has 0 aliphatic heterocycles. The van der Waals surface area contributed by atoms with E-state index in [1.54, 1.807) is 37.5 Å². The second kappa shape index (κ2) is 11.2. The summed E-state index contributed by atoms with van der Waals surface area (Å²) in [6.45, 7) is 5.85. The van der Waals surface area contributed by atoms with Crippen LogP contribution in [0.25, 0.3) is 6.08 Å². The molecule has 1 aromatic carbocycles. The summed E-state index contributed by atoms with van der Waals surface area (Å²) in [5.74, 6) is 0.777. The van der Waals surface area contributed by atoms with Crippen LogP contribution in [-0.4, -0.2) is 38.2 Å². The van der Waals surface area contributed by atoms with Crippen LogP contribution in [0.2, 0.25) is 0 Å². The van der Waals surface area contributed by atoms with Crippen LogP contribution in [-0.2, 0) is 14.3 Å². The standard InChI is InChI=1S/C22H29NO5/c1-4-13-27-19-11-9-17(14-20(19)26-3)10-12-22(25)28-15-21(24)23-18-8-6-5-7-16(18)2/h4,9-12,14,16,18H,1,5-8,13,15H2,2-3H3,(H,23,24)/b12-10+/t16-,18-/m0/s1. The first-order chi connectivity index (χ1) is 13.5. The predicted molar refractivity (Wildman–Crippen MR) is 108 cm³/mol. The van der Waals surface area contributed by atoms with Crippen molar-refractivity contribution in [3.05, 3.63) is 42.5 Å². The van der Waals surface area contributed by atoms with Gasteiger partial charge in [-0.05, 0) is 42.5 Å². The van der Waals surface area contributed by atoms with E-state index in [2.05, 4.69) is 18.8 Å². The molecule has 6 heteroatoms. The Balaban J connectivity index is 1.82. The van der Waals surface area contributed by atoms with Gasteiger partial charge in [0.2, 0.25) is 0 Å². The number of carbonyl (C=O) groups excluding carboxylic acids is 2. The molecule has 0 heterocycles. The Morgan fingerprint density at radius 3 is 2.75 bits per heavy atom. The molecule has 0 bridgehead atoms. The van der Waals surface area contributed by atoms with E-state index in [0.29, 0.717) is 24.0 Å². The molecular formula is C22H29NO5. The Hall–Kier alpha value is -2.76. The minimum Gasteiger partial charge on any atom is -0.493 e. The van der Waals surface area contributed by atoms with Gasteiger partial charge in [0.1, 0.15) is 6.61 Å². The first-order valence-electron chi connectivity index (χ1n) is 9.59. The number of hydrogen-bond donors (Lipinski definition) is 1. The average Bonchev–Trinajstić information content (AvgIpc) is 2.71. The van der Waals surface area contributed by atoms with E-state index >= 15 is 0 Å². The van der Waals surface area contributed by atoms with E-state index in [0.717, 1.165) is 24.8 Å². The summed E-state index contributed by atoms with van der Waals surface area (Å²) in [5, 5.41) is 2.96. The Labute approximate surface area is 166 Å². The van der Waals surface area contributed by atoms with Crippen molar-refractivity contribution in [3.63, 3.8) is 0 Å². The van der Waals surface area contributed by atoms with Gasteiger partial charge in [0.15, 0.2) is 18.1 Å². The largest absolute Gasteiger partial charge is 0.493 e. The number of carbonyl (C=O) groups is 2. The van der Waals surface area contributed by atoms with Gasteiger partial charge in [-0.3, -0.25) is 4.79 Å². The number of nitrogens with one attached hydrogen (secondary N) is 1. The minimum atomic E-state index is -0.571. The maximum absolute atomic E-state index is 12.0. The van der Waals surface area contributed by atoms with Gasteiger partial charge in [0, 0.05) is 12.1 Å². The molecule has 2 rings (SSSR count). The fourth-order valence-electron chi connectivity index (χ4n) is 3.18. The number of amides is 1. The second-order valence-corrected chi connectivity index (χ2v) is 6.89. The number of benzene rings is 1. The van der Waals surface area contributed by atoms with E-state index in [1.165, 1.54) is 12.5 Å². The summed E-state index contributed by atoms with van der Waals surface area (Å²) >= 11 is 0. The third kappa shape index (κ3) is 6.76. The van der Waals surface area contributed by atoms with E-state index < -0.39 is 5.97 Å². The lowest BCUT2D eigenvalue weighted by atomic mass is 9.86. The Bertz CT molecular complexity index is 713. The Morgan fingerprint density at radius 2 is 2.04 bits per heavy atom. The molecule has 152 valence electrons. The summed E-state index contributed by atoms with van der Waals surface area (Å²) in [7, 11) is 1.55. The molecule has 1 aliphatic carbocycles. The fraction of sp³-hybridized carbons (Fsp3) is 0.455. The van der Waals surface area contributed by atoms with Crippen LogP contribution < -0.4 is 14.8 Å². The van der Waals surface area contributed by atoms with E-state index in [1.807, 2.05) is 0 Å². The highest BCUT2D eigenvalue weighted by atomic mass is 16.5. The zero-order valence-corrected chi connectivity index (χ0v) is 16.6. The Morgan fingerprint density at radius 1 is 1.25 bits per heavy atom. The highest BCUT2D eigenvalue weighted by molar-refractivity contribution is 5.89. The summed E-state index contributed by atoms with van der Waals surface area (Å²) in [5.41, 5.74) is 0.750. The number of esters is 1. The monoisotopic (exact) mass is 387 g/mol. The molecule has 1 fully saturated rings. The first kappa shape index (κ1) is 21.5. The van der Waals surface area contributed by atoms with E-state index in [-0.39, 0.29) is 18.6 Å².